The number of nitrogens with one attached hydrogen (secondary N) is 1. The van der Waals surface area contributed by atoms with E-state index in [0.29, 0.717) is 23.5 Å². The standard InChI is InChI=1S/C15H17N5OS.2ClH/c21-15(20-10-1-2-11(20)7-16-4-3-10)13-9-22-14(19-13)12-8-17-5-6-18-12;;/h5-6,8-11,16H,1-4,7H2;2*1H. The molecule has 2 atom stereocenters. The third kappa shape index (κ3) is 3.54. The molecule has 2 aromatic rings. The van der Waals surface area contributed by atoms with Gasteiger partial charge in [-0.05, 0) is 25.8 Å². The Morgan fingerprint density at radius 1 is 1.21 bits per heavy atom. The van der Waals surface area contributed by atoms with Gasteiger partial charge in [0.25, 0.3) is 5.91 Å². The molecule has 0 saturated carbocycles. The molecule has 9 heteroatoms. The van der Waals surface area contributed by atoms with Crippen LogP contribution in [0.4, 0.5) is 0 Å². The van der Waals surface area contributed by atoms with Gasteiger partial charge in [-0.2, -0.15) is 0 Å². The number of amides is 1. The van der Waals surface area contributed by atoms with Crippen molar-refractivity contribution in [3.8, 4) is 10.7 Å². The van der Waals surface area contributed by atoms with Crippen LogP contribution in [0.25, 0.3) is 10.7 Å². The first-order chi connectivity index (χ1) is 10.8. The Bertz CT molecular complexity index is 670. The van der Waals surface area contributed by atoms with Gasteiger partial charge < -0.3 is 10.2 Å². The molecule has 4 heterocycles. The van der Waals surface area contributed by atoms with Gasteiger partial charge in [0.1, 0.15) is 16.4 Å². The fourth-order valence-electron chi connectivity index (χ4n) is 3.35. The van der Waals surface area contributed by atoms with Crippen molar-refractivity contribution in [1.82, 2.24) is 25.2 Å². The summed E-state index contributed by atoms with van der Waals surface area (Å²) in [6, 6.07) is 0.663. The second kappa shape index (κ2) is 8.20. The highest BCUT2D eigenvalue weighted by molar-refractivity contribution is 7.13. The molecule has 4 rings (SSSR count). The van der Waals surface area contributed by atoms with Crippen molar-refractivity contribution >= 4 is 42.1 Å². The van der Waals surface area contributed by atoms with Gasteiger partial charge in [0, 0.05) is 36.4 Å². The van der Waals surface area contributed by atoms with Crippen molar-refractivity contribution in [2.45, 2.75) is 31.3 Å². The zero-order chi connectivity index (χ0) is 14.9. The summed E-state index contributed by atoms with van der Waals surface area (Å²) in [5, 5.41) is 6.00. The molecule has 0 aromatic carbocycles. The highest BCUT2D eigenvalue weighted by Gasteiger charge is 2.39. The van der Waals surface area contributed by atoms with Crippen LogP contribution in [0.15, 0.2) is 24.0 Å². The molecule has 6 nitrogen and oxygen atoms in total. The lowest BCUT2D eigenvalue weighted by atomic mass is 10.1. The highest BCUT2D eigenvalue weighted by Crippen LogP contribution is 2.30. The molecule has 0 aliphatic carbocycles. The van der Waals surface area contributed by atoms with Crippen LogP contribution >= 0.6 is 36.2 Å². The molecule has 2 unspecified atom stereocenters. The van der Waals surface area contributed by atoms with Crippen molar-refractivity contribution < 1.29 is 4.79 Å². The summed E-state index contributed by atoms with van der Waals surface area (Å²) in [5.41, 5.74) is 1.25. The van der Waals surface area contributed by atoms with Crippen LogP contribution in [-0.4, -0.2) is 50.9 Å². The van der Waals surface area contributed by atoms with E-state index in [9.17, 15) is 4.79 Å². The molecule has 0 spiro atoms. The van der Waals surface area contributed by atoms with Gasteiger partial charge in [-0.1, -0.05) is 0 Å². The number of nitrogens with zero attached hydrogens (tertiary/aromatic N) is 4. The van der Waals surface area contributed by atoms with E-state index in [-0.39, 0.29) is 30.7 Å². The van der Waals surface area contributed by atoms with Gasteiger partial charge in [0.15, 0.2) is 0 Å². The number of hydrogen-bond acceptors (Lipinski definition) is 6. The number of rotatable bonds is 2. The van der Waals surface area contributed by atoms with E-state index in [1.807, 2.05) is 5.38 Å². The van der Waals surface area contributed by atoms with E-state index in [1.54, 1.807) is 18.6 Å². The Morgan fingerprint density at radius 3 is 2.83 bits per heavy atom. The summed E-state index contributed by atoms with van der Waals surface area (Å²) in [6.45, 7) is 1.89. The van der Waals surface area contributed by atoms with Crippen LogP contribution in [0.3, 0.4) is 0 Å². The first-order valence-electron chi connectivity index (χ1n) is 7.58. The van der Waals surface area contributed by atoms with Gasteiger partial charge in [-0.15, -0.1) is 36.2 Å². The van der Waals surface area contributed by atoms with Gasteiger partial charge >= 0.3 is 0 Å². The largest absolute Gasteiger partial charge is 0.330 e. The number of aromatic nitrogens is 3. The Hall–Kier alpha value is -1.28. The number of thiazole rings is 1. The van der Waals surface area contributed by atoms with Crippen LogP contribution in [0.5, 0.6) is 0 Å². The van der Waals surface area contributed by atoms with E-state index >= 15 is 0 Å². The van der Waals surface area contributed by atoms with Crippen molar-refractivity contribution in [1.29, 1.82) is 0 Å². The fraction of sp³-hybridized carbons (Fsp3) is 0.467. The lowest BCUT2D eigenvalue weighted by Gasteiger charge is -2.27. The van der Waals surface area contributed by atoms with Crippen LogP contribution in [0.1, 0.15) is 29.8 Å². The van der Waals surface area contributed by atoms with Crippen molar-refractivity contribution in [2.75, 3.05) is 13.1 Å². The topological polar surface area (TPSA) is 71.0 Å². The van der Waals surface area contributed by atoms with Gasteiger partial charge in [0.05, 0.1) is 6.20 Å². The molecule has 2 aliphatic heterocycles. The Balaban J connectivity index is 0.00000104. The molecule has 0 radical (unpaired) electrons. The monoisotopic (exact) mass is 387 g/mol. The summed E-state index contributed by atoms with van der Waals surface area (Å²) >= 11 is 1.45. The lowest BCUT2D eigenvalue weighted by Crippen LogP contribution is -2.42. The van der Waals surface area contributed by atoms with Gasteiger partial charge in [0.2, 0.25) is 0 Å². The maximum atomic E-state index is 12.9. The molecule has 130 valence electrons. The Morgan fingerprint density at radius 2 is 2.04 bits per heavy atom. The molecule has 24 heavy (non-hydrogen) atoms. The van der Waals surface area contributed by atoms with E-state index in [4.69, 9.17) is 0 Å². The number of fused-ring (bicyclic) bond motifs is 2. The third-order valence-corrected chi connectivity index (χ3v) is 5.26. The van der Waals surface area contributed by atoms with Crippen molar-refractivity contribution in [3.63, 3.8) is 0 Å². The fourth-order valence-corrected chi connectivity index (χ4v) is 4.10. The Labute approximate surface area is 156 Å². The number of carbonyl (C=O) groups excluding carboxylic acids is 1. The second-order valence-corrected chi connectivity index (χ2v) is 6.58. The Kier molecular flexibility index (Phi) is 6.51. The number of halogens is 2. The van der Waals surface area contributed by atoms with Gasteiger partial charge in [-0.3, -0.25) is 14.8 Å². The summed E-state index contributed by atoms with van der Waals surface area (Å²) in [4.78, 5) is 27.7. The SMILES string of the molecule is Cl.Cl.O=C(c1csc(-c2cnccn2)n1)N1C2CCNCC1CC2. The van der Waals surface area contributed by atoms with E-state index in [2.05, 4.69) is 25.2 Å². The molecule has 1 amide bonds. The average molecular weight is 388 g/mol. The minimum Gasteiger partial charge on any atom is -0.330 e. The van der Waals surface area contributed by atoms with Crippen LogP contribution < -0.4 is 5.32 Å². The summed E-state index contributed by atoms with van der Waals surface area (Å²) in [7, 11) is 0. The maximum Gasteiger partial charge on any atom is 0.273 e. The molecule has 2 aliphatic rings. The van der Waals surface area contributed by atoms with E-state index in [1.165, 1.54) is 11.3 Å². The molecular weight excluding hydrogens is 369 g/mol. The number of hydrogen-bond donors (Lipinski definition) is 1. The molecule has 2 saturated heterocycles. The van der Waals surface area contributed by atoms with Crippen LogP contribution in [-0.2, 0) is 0 Å². The predicted octanol–water partition coefficient (Wildman–Crippen LogP) is 2.41. The second-order valence-electron chi connectivity index (χ2n) is 5.72. The molecule has 1 N–H and O–H groups in total. The van der Waals surface area contributed by atoms with Crippen molar-refractivity contribution in [3.05, 3.63) is 29.7 Å². The van der Waals surface area contributed by atoms with Gasteiger partial charge in [-0.25, -0.2) is 4.98 Å². The quantitative estimate of drug-likeness (QED) is 0.856. The highest BCUT2D eigenvalue weighted by atomic mass is 35.5. The third-order valence-electron chi connectivity index (χ3n) is 4.39. The minimum atomic E-state index is 0. The first kappa shape index (κ1) is 19.1. The smallest absolute Gasteiger partial charge is 0.273 e. The average Bonchev–Trinajstić information content (AvgIpc) is 3.12. The first-order valence-corrected chi connectivity index (χ1v) is 8.46. The number of carbonyl (C=O) groups is 1. The normalized spacial score (nSPS) is 22.2. The maximum absolute atomic E-state index is 12.9. The molecule has 2 fully saturated rings. The van der Waals surface area contributed by atoms with E-state index in [0.717, 1.165) is 37.4 Å². The molecule has 2 aromatic heterocycles. The van der Waals surface area contributed by atoms with E-state index < -0.39 is 0 Å². The zero-order valence-electron chi connectivity index (χ0n) is 12.9. The summed E-state index contributed by atoms with van der Waals surface area (Å²) in [6.07, 6.45) is 8.17. The molecular formula is C15H19Cl2N5OS. The summed E-state index contributed by atoms with van der Waals surface area (Å²) < 4.78 is 0. The summed E-state index contributed by atoms with van der Waals surface area (Å²) in [5.74, 6) is 0.0580. The van der Waals surface area contributed by atoms with Crippen molar-refractivity contribution in [2.24, 2.45) is 0 Å². The lowest BCUT2D eigenvalue weighted by molar-refractivity contribution is 0.0675. The van der Waals surface area contributed by atoms with Crippen LogP contribution in [0, 0.1) is 0 Å². The predicted molar refractivity (Wildman–Crippen MR) is 98.1 cm³/mol. The van der Waals surface area contributed by atoms with Crippen LogP contribution in [0.2, 0.25) is 0 Å². The zero-order valence-corrected chi connectivity index (χ0v) is 15.4. The minimum absolute atomic E-state index is 0. The molecule has 2 bridgehead atoms.